The Morgan fingerprint density at radius 2 is 1.29 bits per heavy atom. The Hall–Kier alpha value is -3.00. The number of nitrogens with one attached hydrogen (secondary N) is 1. The molecule has 16 heteroatoms. The van der Waals surface area contributed by atoms with E-state index in [0.717, 1.165) is 63.3 Å². The number of aryl methyl sites for hydroxylation is 2. The standard InChI is InChI=1S/C20H21Cl2N3O3S.C12H12Cl2N2O2S/c1-27-15-8-7-12(9-14(15)21)11-23-19-13-10-16(22)29-20(13)25-17(24-19)5-3-4-6-18(26)28-2;1-18-10(17)5-3-2-4-9-15-11(14)7-6-8(13)19-12(7)16-9/h7-10H,3-6,11H2,1-2H3,(H,23,24,25);6H,2-5H2,1H3. The quantitative estimate of drug-likeness (QED) is 0.0663. The van der Waals surface area contributed by atoms with E-state index in [0.29, 0.717) is 62.7 Å². The van der Waals surface area contributed by atoms with Crippen molar-refractivity contribution in [3.05, 3.63) is 66.4 Å². The van der Waals surface area contributed by atoms with Gasteiger partial charge in [-0.1, -0.05) is 52.5 Å². The number of carbonyl (C=O) groups excluding carboxylic acids is 2. The third kappa shape index (κ3) is 11.0. The van der Waals surface area contributed by atoms with Crippen LogP contribution in [0.5, 0.6) is 5.75 Å². The van der Waals surface area contributed by atoms with Crippen LogP contribution in [0, 0.1) is 0 Å². The molecule has 0 atom stereocenters. The number of unbranched alkanes of at least 4 members (excludes halogenated alkanes) is 2. The molecule has 5 rings (SSSR count). The summed E-state index contributed by atoms with van der Waals surface area (Å²) in [6, 6.07) is 9.28. The summed E-state index contributed by atoms with van der Waals surface area (Å²) in [5.41, 5.74) is 1.00. The number of esters is 2. The van der Waals surface area contributed by atoms with Crippen molar-refractivity contribution in [2.45, 2.75) is 57.9 Å². The van der Waals surface area contributed by atoms with Crippen LogP contribution in [0.25, 0.3) is 20.4 Å². The first-order chi connectivity index (χ1) is 23.1. The van der Waals surface area contributed by atoms with Gasteiger partial charge in [0.15, 0.2) is 0 Å². The van der Waals surface area contributed by atoms with E-state index in [9.17, 15) is 9.59 Å². The maximum Gasteiger partial charge on any atom is 0.305 e. The molecule has 0 saturated heterocycles. The van der Waals surface area contributed by atoms with Gasteiger partial charge in [0, 0.05) is 32.2 Å². The van der Waals surface area contributed by atoms with Crippen LogP contribution >= 0.6 is 69.1 Å². The number of thiophene rings is 2. The molecule has 48 heavy (non-hydrogen) atoms. The van der Waals surface area contributed by atoms with Crippen LogP contribution < -0.4 is 10.1 Å². The van der Waals surface area contributed by atoms with Crippen molar-refractivity contribution < 1.29 is 23.8 Å². The van der Waals surface area contributed by atoms with E-state index in [1.807, 2.05) is 24.3 Å². The Morgan fingerprint density at radius 1 is 0.729 bits per heavy atom. The summed E-state index contributed by atoms with van der Waals surface area (Å²) in [6.45, 7) is 0.547. The lowest BCUT2D eigenvalue weighted by atomic mass is 10.2. The van der Waals surface area contributed by atoms with E-state index in [4.69, 9.17) is 51.1 Å². The zero-order chi connectivity index (χ0) is 34.6. The number of fused-ring (bicyclic) bond motifs is 2. The minimum absolute atomic E-state index is 0.195. The van der Waals surface area contributed by atoms with Gasteiger partial charge in [0.25, 0.3) is 0 Å². The maximum atomic E-state index is 11.2. The van der Waals surface area contributed by atoms with Gasteiger partial charge in [-0.15, -0.1) is 22.7 Å². The Balaban J connectivity index is 0.000000237. The van der Waals surface area contributed by atoms with Gasteiger partial charge in [-0.25, -0.2) is 19.9 Å². The lowest BCUT2D eigenvalue weighted by molar-refractivity contribution is -0.141. The minimum atomic E-state index is -0.202. The molecule has 0 fully saturated rings. The third-order valence-corrected chi connectivity index (χ3v) is 9.86. The number of rotatable bonds is 14. The molecular weight excluding hydrogens is 740 g/mol. The van der Waals surface area contributed by atoms with Crippen LogP contribution in [-0.4, -0.2) is 53.2 Å². The van der Waals surface area contributed by atoms with E-state index >= 15 is 0 Å². The van der Waals surface area contributed by atoms with Crippen molar-refractivity contribution >= 4 is 107 Å². The first-order valence-corrected chi connectivity index (χ1v) is 18.0. The second-order valence-corrected chi connectivity index (χ2v) is 14.4. The van der Waals surface area contributed by atoms with Crippen LogP contribution in [0.4, 0.5) is 5.82 Å². The van der Waals surface area contributed by atoms with E-state index in [-0.39, 0.29) is 11.9 Å². The molecule has 1 N–H and O–H groups in total. The zero-order valence-electron chi connectivity index (χ0n) is 26.4. The van der Waals surface area contributed by atoms with Crippen LogP contribution in [-0.2, 0) is 38.4 Å². The minimum Gasteiger partial charge on any atom is -0.495 e. The first kappa shape index (κ1) is 37.8. The number of methoxy groups -OCH3 is 3. The number of ether oxygens (including phenoxy) is 3. The lowest BCUT2D eigenvalue weighted by Gasteiger charge is -2.10. The number of hydrogen-bond acceptors (Lipinski definition) is 12. The van der Waals surface area contributed by atoms with Crippen molar-refractivity contribution in [2.75, 3.05) is 26.6 Å². The van der Waals surface area contributed by atoms with E-state index < -0.39 is 0 Å². The largest absolute Gasteiger partial charge is 0.495 e. The van der Waals surface area contributed by atoms with Gasteiger partial charge >= 0.3 is 11.9 Å². The highest BCUT2D eigenvalue weighted by Crippen LogP contribution is 2.34. The smallest absolute Gasteiger partial charge is 0.305 e. The number of carbonyl (C=O) groups is 2. The SMILES string of the molecule is COC(=O)CCCCc1nc(Cl)c2cc(Cl)sc2n1.COC(=O)CCCCc1nc(NCc2ccc(OC)c(Cl)c2)c2cc(Cl)sc2n1. The molecule has 4 heterocycles. The number of anilines is 1. The summed E-state index contributed by atoms with van der Waals surface area (Å²) in [6.07, 6.45) is 5.25. The molecule has 0 bridgehead atoms. The summed E-state index contributed by atoms with van der Waals surface area (Å²) < 4.78 is 15.7. The number of hydrogen-bond donors (Lipinski definition) is 1. The van der Waals surface area contributed by atoms with Crippen molar-refractivity contribution in [1.82, 2.24) is 19.9 Å². The summed E-state index contributed by atoms with van der Waals surface area (Å²) >= 11 is 27.2. The number of halogens is 4. The second kappa shape index (κ2) is 18.7. The maximum absolute atomic E-state index is 11.2. The van der Waals surface area contributed by atoms with Gasteiger partial charge in [0.05, 0.1) is 45.8 Å². The summed E-state index contributed by atoms with van der Waals surface area (Å²) in [7, 11) is 4.37. The predicted molar refractivity (Wildman–Crippen MR) is 194 cm³/mol. The zero-order valence-corrected chi connectivity index (χ0v) is 31.1. The molecule has 256 valence electrons. The molecule has 10 nitrogen and oxygen atoms in total. The molecule has 0 aliphatic heterocycles. The van der Waals surface area contributed by atoms with Gasteiger partial charge in [0.2, 0.25) is 0 Å². The molecule has 0 saturated carbocycles. The van der Waals surface area contributed by atoms with Crippen molar-refractivity contribution in [3.63, 3.8) is 0 Å². The van der Waals surface area contributed by atoms with Gasteiger partial charge in [-0.3, -0.25) is 9.59 Å². The summed E-state index contributed by atoms with van der Waals surface area (Å²) in [5, 5.41) is 6.02. The average molecular weight is 774 g/mol. The Morgan fingerprint density at radius 3 is 1.85 bits per heavy atom. The molecule has 5 aromatic rings. The fraction of sp³-hybridized carbons (Fsp3) is 0.375. The molecule has 0 amide bonds. The van der Waals surface area contributed by atoms with Crippen molar-refractivity contribution in [3.8, 4) is 5.75 Å². The highest BCUT2D eigenvalue weighted by molar-refractivity contribution is 7.22. The Labute approximate surface area is 306 Å². The number of aromatic nitrogens is 4. The molecule has 4 aromatic heterocycles. The first-order valence-electron chi connectivity index (χ1n) is 14.9. The summed E-state index contributed by atoms with van der Waals surface area (Å²) in [4.78, 5) is 41.8. The molecule has 0 unspecified atom stereocenters. The molecule has 0 radical (unpaired) electrons. The van der Waals surface area contributed by atoms with Crippen LogP contribution in [0.1, 0.15) is 55.7 Å². The molecule has 0 spiro atoms. The molecular formula is C32H33Cl4N5O5S2. The Bertz CT molecular complexity index is 1870. The van der Waals surface area contributed by atoms with Crippen LogP contribution in [0.3, 0.4) is 0 Å². The highest BCUT2D eigenvalue weighted by atomic mass is 35.5. The number of nitrogens with zero attached hydrogens (tertiary/aromatic N) is 4. The van der Waals surface area contributed by atoms with Gasteiger partial charge in [0.1, 0.15) is 38.0 Å². The fourth-order valence-corrected chi connectivity index (χ4v) is 7.30. The predicted octanol–water partition coefficient (Wildman–Crippen LogP) is 9.39. The normalized spacial score (nSPS) is 10.9. The lowest BCUT2D eigenvalue weighted by Crippen LogP contribution is -2.06. The monoisotopic (exact) mass is 771 g/mol. The van der Waals surface area contributed by atoms with Gasteiger partial charge < -0.3 is 19.5 Å². The van der Waals surface area contributed by atoms with E-state index in [2.05, 4.69) is 34.7 Å². The molecule has 0 aliphatic rings. The van der Waals surface area contributed by atoms with E-state index in [1.54, 1.807) is 13.2 Å². The van der Waals surface area contributed by atoms with Crippen LogP contribution in [0.15, 0.2) is 30.3 Å². The van der Waals surface area contributed by atoms with Crippen LogP contribution in [0.2, 0.25) is 18.8 Å². The number of benzene rings is 1. The second-order valence-electron chi connectivity index (χ2n) is 10.3. The fourth-order valence-electron chi connectivity index (χ4n) is 4.51. The van der Waals surface area contributed by atoms with Gasteiger partial charge in [-0.2, -0.15) is 0 Å². The Kier molecular flexibility index (Phi) is 14.7. The molecule has 1 aromatic carbocycles. The molecule has 0 aliphatic carbocycles. The van der Waals surface area contributed by atoms with Crippen molar-refractivity contribution in [2.24, 2.45) is 0 Å². The average Bonchev–Trinajstić information content (AvgIpc) is 3.65. The van der Waals surface area contributed by atoms with Crippen molar-refractivity contribution in [1.29, 1.82) is 0 Å². The third-order valence-electron chi connectivity index (χ3n) is 6.97. The van der Waals surface area contributed by atoms with Gasteiger partial charge in [-0.05, 0) is 55.5 Å². The highest BCUT2D eigenvalue weighted by Gasteiger charge is 2.13. The summed E-state index contributed by atoms with van der Waals surface area (Å²) in [5.74, 6) is 2.37. The topological polar surface area (TPSA) is 125 Å². The van der Waals surface area contributed by atoms with E-state index in [1.165, 1.54) is 36.9 Å².